The number of hydrogen-bond acceptors (Lipinski definition) is 13. The van der Waals surface area contributed by atoms with Gasteiger partial charge < -0.3 is 33.5 Å². The highest BCUT2D eigenvalue weighted by atomic mass is 35.5. The molecule has 3 heterocycles. The fraction of sp³-hybridized carbons (Fsp3) is 0.560. The van der Waals surface area contributed by atoms with Gasteiger partial charge in [0, 0.05) is 18.1 Å². The summed E-state index contributed by atoms with van der Waals surface area (Å²) in [6, 6.07) is 6.58. The van der Waals surface area contributed by atoms with Gasteiger partial charge in [0.15, 0.2) is 11.6 Å². The largest absolute Gasteiger partial charge is 0.436 e. The van der Waals surface area contributed by atoms with Crippen LogP contribution >= 0.6 is 32.1 Å². The van der Waals surface area contributed by atoms with E-state index in [2.05, 4.69) is 42.5 Å². The topological polar surface area (TPSA) is 131 Å². The van der Waals surface area contributed by atoms with Crippen LogP contribution in [0.2, 0.25) is 5.02 Å². The number of methoxy groups -OCH3 is 1. The van der Waals surface area contributed by atoms with E-state index >= 15 is 0 Å². The Morgan fingerprint density at radius 1 is 1.30 bits per heavy atom. The van der Waals surface area contributed by atoms with Crippen molar-refractivity contribution < 1.29 is 23.3 Å². The van der Waals surface area contributed by atoms with E-state index in [1.54, 1.807) is 38.3 Å². The molecule has 0 aliphatic carbocycles. The maximum absolute atomic E-state index is 11.2. The maximum atomic E-state index is 11.2. The third kappa shape index (κ3) is 9.56. The first-order valence-corrected chi connectivity index (χ1v) is 15.7. The summed E-state index contributed by atoms with van der Waals surface area (Å²) in [5, 5.41) is 7.05. The summed E-state index contributed by atoms with van der Waals surface area (Å²) in [6.45, 7) is 8.78. The van der Waals surface area contributed by atoms with Gasteiger partial charge in [0.2, 0.25) is 0 Å². The zero-order valence-electron chi connectivity index (χ0n) is 23.6. The number of aldehydes is 1. The van der Waals surface area contributed by atoms with Crippen LogP contribution in [0, 0.1) is 5.92 Å². The molecule has 1 fully saturated rings. The van der Waals surface area contributed by atoms with Crippen molar-refractivity contribution >= 4 is 55.7 Å². The first kappa shape index (κ1) is 32.6. The van der Waals surface area contributed by atoms with E-state index < -0.39 is 14.6 Å². The van der Waals surface area contributed by atoms with Gasteiger partial charge in [0.1, 0.15) is 30.3 Å². The maximum Gasteiger partial charge on any atom is 0.318 e. The van der Waals surface area contributed by atoms with Crippen LogP contribution in [0.15, 0.2) is 30.6 Å². The third-order valence-electron chi connectivity index (χ3n) is 5.92. The van der Waals surface area contributed by atoms with Crippen molar-refractivity contribution in [1.29, 1.82) is 0 Å². The average molecular weight is 616 g/mol. The number of hydrogen-bond donors (Lipinski definition) is 4. The van der Waals surface area contributed by atoms with Crippen molar-refractivity contribution in [3.63, 3.8) is 0 Å². The normalized spacial score (nSPS) is 21.2. The van der Waals surface area contributed by atoms with Gasteiger partial charge >= 0.3 is 8.53 Å². The van der Waals surface area contributed by atoms with E-state index in [1.807, 2.05) is 20.1 Å². The number of halogens is 1. The van der Waals surface area contributed by atoms with E-state index in [0.717, 1.165) is 24.2 Å². The zero-order chi connectivity index (χ0) is 29.1. The molecule has 2 aliphatic rings. The van der Waals surface area contributed by atoms with Crippen LogP contribution in [-0.4, -0.2) is 67.4 Å². The van der Waals surface area contributed by atoms with Gasteiger partial charge in [-0.3, -0.25) is 5.43 Å². The summed E-state index contributed by atoms with van der Waals surface area (Å²) in [7, 11) is 0.132. The Hall–Kier alpha value is -1.96. The van der Waals surface area contributed by atoms with Gasteiger partial charge in [-0.25, -0.2) is 15.1 Å². The molecule has 222 valence electrons. The number of carbonyl (C=O) groups excluding carboxylic acids is 1. The molecule has 0 amide bonds. The van der Waals surface area contributed by atoms with Gasteiger partial charge in [0.25, 0.3) is 0 Å². The first-order chi connectivity index (χ1) is 19.2. The van der Waals surface area contributed by atoms with Crippen LogP contribution < -0.4 is 30.1 Å². The predicted molar refractivity (Wildman–Crippen MR) is 161 cm³/mol. The van der Waals surface area contributed by atoms with E-state index in [-0.39, 0.29) is 18.2 Å². The number of nitrogens with one attached hydrogen (secondary N) is 4. The lowest BCUT2D eigenvalue weighted by molar-refractivity contribution is -0.108. The van der Waals surface area contributed by atoms with E-state index in [9.17, 15) is 4.79 Å². The van der Waals surface area contributed by atoms with Crippen LogP contribution in [0.3, 0.4) is 0 Å². The summed E-state index contributed by atoms with van der Waals surface area (Å²) >= 11 is 7.40. The SMILES string of the molecule is COC(C)C.CSNNc1ncnc2c1NCN2C1OC(COP(NC(C)C=O)Oc2ccc(Cl)cc2)CC1C. The number of ether oxygens (including phenoxy) is 2. The molecule has 5 unspecified atom stereocenters. The molecule has 40 heavy (non-hydrogen) atoms. The van der Waals surface area contributed by atoms with Crippen LogP contribution in [-0.2, 0) is 18.8 Å². The van der Waals surface area contributed by atoms with Crippen molar-refractivity contribution in [1.82, 2.24) is 19.9 Å². The molecule has 15 heteroatoms. The van der Waals surface area contributed by atoms with Crippen LogP contribution in [0.5, 0.6) is 5.75 Å². The first-order valence-electron chi connectivity index (χ1n) is 12.9. The van der Waals surface area contributed by atoms with Gasteiger partial charge in [-0.15, -0.1) is 0 Å². The summed E-state index contributed by atoms with van der Waals surface area (Å²) < 4.78 is 23.1. The Bertz CT molecular complexity index is 1060. The smallest absolute Gasteiger partial charge is 0.318 e. The number of hydrazine groups is 1. The molecule has 2 aromatic rings. The van der Waals surface area contributed by atoms with Gasteiger partial charge in [-0.2, -0.15) is 4.83 Å². The molecule has 0 radical (unpaired) electrons. The fourth-order valence-electron chi connectivity index (χ4n) is 3.84. The second kappa shape index (κ2) is 16.5. The minimum atomic E-state index is -1.57. The highest BCUT2D eigenvalue weighted by Crippen LogP contribution is 2.41. The summed E-state index contributed by atoms with van der Waals surface area (Å²) in [5.74, 6) is 2.32. The monoisotopic (exact) mass is 615 g/mol. The Balaban J connectivity index is 0.000000810. The van der Waals surface area contributed by atoms with Gasteiger partial charge in [0.05, 0.1) is 31.5 Å². The number of rotatable bonds is 13. The molecule has 1 aromatic heterocycles. The molecule has 4 N–H and O–H groups in total. The van der Waals surface area contributed by atoms with Gasteiger partial charge in [-0.1, -0.05) is 30.5 Å². The second-order valence-electron chi connectivity index (χ2n) is 9.45. The van der Waals surface area contributed by atoms with Crippen LogP contribution in [0.25, 0.3) is 0 Å². The molecule has 0 bridgehead atoms. The lowest BCUT2D eigenvalue weighted by atomic mass is 10.1. The van der Waals surface area contributed by atoms with Gasteiger partial charge in [-0.05, 0) is 57.7 Å². The summed E-state index contributed by atoms with van der Waals surface area (Å²) in [4.78, 5) is 25.0. The molecular formula is C25H39ClN7O5PS. The molecule has 12 nitrogen and oxygen atoms in total. The number of carbonyl (C=O) groups is 1. The highest BCUT2D eigenvalue weighted by molar-refractivity contribution is 7.96. The Morgan fingerprint density at radius 3 is 2.67 bits per heavy atom. The number of anilines is 3. The lowest BCUT2D eigenvalue weighted by Crippen LogP contribution is -2.39. The van der Waals surface area contributed by atoms with Crippen molar-refractivity contribution in [2.45, 2.75) is 58.6 Å². The number of nitrogens with zero attached hydrogens (tertiary/aromatic N) is 3. The molecule has 0 spiro atoms. The third-order valence-corrected chi connectivity index (χ3v) is 7.86. The van der Waals surface area contributed by atoms with Crippen LogP contribution in [0.1, 0.15) is 34.1 Å². The van der Waals surface area contributed by atoms with Crippen molar-refractivity contribution in [2.75, 3.05) is 42.3 Å². The molecule has 2 aliphatic heterocycles. The molecule has 5 atom stereocenters. The molecule has 1 aromatic carbocycles. The number of aromatic nitrogens is 2. The van der Waals surface area contributed by atoms with E-state index in [1.165, 1.54) is 18.3 Å². The van der Waals surface area contributed by atoms with Crippen LogP contribution in [0.4, 0.5) is 17.3 Å². The minimum Gasteiger partial charge on any atom is -0.436 e. The Labute approximate surface area is 246 Å². The van der Waals surface area contributed by atoms with Crippen molar-refractivity contribution in [3.8, 4) is 5.75 Å². The summed E-state index contributed by atoms with van der Waals surface area (Å²) in [5.41, 5.74) is 3.89. The molecule has 4 rings (SSSR count). The molecular weight excluding hydrogens is 577 g/mol. The van der Waals surface area contributed by atoms with Crippen molar-refractivity contribution in [2.24, 2.45) is 5.92 Å². The number of fused-ring (bicyclic) bond motifs is 1. The Kier molecular flexibility index (Phi) is 13.4. The van der Waals surface area contributed by atoms with E-state index in [0.29, 0.717) is 36.0 Å². The molecule has 0 saturated carbocycles. The van der Waals surface area contributed by atoms with E-state index in [4.69, 9.17) is 30.1 Å². The standard InChI is InChI=1S/C21H29ClN7O4PS.C4H10O/c1-13-8-17(10-31-34(27-14(2)9-30)33-16-6-4-15(22)5-7-16)32-21(13)29-12-25-18-19(26-28-35-3)23-11-24-20(18)29;1-4(2)5-3/h4-7,9,11,13-14,17,21,25,27-28H,8,10,12H2,1-3H3,(H,23,24,26);4H,1-3H3. The average Bonchev–Trinajstić information content (AvgIpc) is 3.55. The quantitative estimate of drug-likeness (QED) is 0.106. The second-order valence-corrected chi connectivity index (χ2v) is 11.7. The fourth-order valence-corrected chi connectivity index (χ4v) is 5.35. The highest BCUT2D eigenvalue weighted by Gasteiger charge is 2.40. The molecule has 1 saturated heterocycles. The predicted octanol–water partition coefficient (Wildman–Crippen LogP) is 4.81. The van der Waals surface area contributed by atoms with Crippen molar-refractivity contribution in [3.05, 3.63) is 35.6 Å². The zero-order valence-corrected chi connectivity index (χ0v) is 26.1. The number of benzene rings is 1. The Morgan fingerprint density at radius 2 is 2.02 bits per heavy atom. The lowest BCUT2D eigenvalue weighted by Gasteiger charge is -2.27. The summed E-state index contributed by atoms with van der Waals surface area (Å²) in [6.07, 6.45) is 5.16. The minimum absolute atomic E-state index is 0.135.